The van der Waals surface area contributed by atoms with Crippen LogP contribution in [0.25, 0.3) is 0 Å². The molecule has 0 spiro atoms. The second-order valence-corrected chi connectivity index (χ2v) is 6.90. The van der Waals surface area contributed by atoms with Crippen LogP contribution >= 0.6 is 15.9 Å². The second-order valence-electron chi connectivity index (χ2n) is 6.05. The molecule has 22 heavy (non-hydrogen) atoms. The number of halogens is 1. The molecule has 1 heterocycles. The van der Waals surface area contributed by atoms with Crippen molar-refractivity contribution < 1.29 is 9.90 Å². The maximum atomic E-state index is 10.9. The Hall–Kier alpha value is -0.910. The van der Waals surface area contributed by atoms with Gasteiger partial charge in [0.15, 0.2) is 0 Å². The van der Waals surface area contributed by atoms with Crippen LogP contribution in [0.15, 0.2) is 22.7 Å². The zero-order valence-corrected chi connectivity index (χ0v) is 15.0. The first-order valence-corrected chi connectivity index (χ1v) is 8.72. The minimum atomic E-state index is -0.727. The van der Waals surface area contributed by atoms with Gasteiger partial charge in [0.25, 0.3) is 0 Å². The summed E-state index contributed by atoms with van der Waals surface area (Å²) in [4.78, 5) is 15.5. The molecule has 1 aromatic rings. The Bertz CT molecular complexity index is 513. The van der Waals surface area contributed by atoms with E-state index in [1.165, 1.54) is 11.1 Å². The molecule has 0 atom stereocenters. The highest BCUT2D eigenvalue weighted by molar-refractivity contribution is 9.10. The standard InChI is InChI=1S/C17H25BrN2O2/c1-3-20(12-17(21)22)15-6-8-19(9-7-15)11-14-4-5-16(18)13(2)10-14/h4-5,10,15H,3,6-9,11-12H2,1-2H3,(H,21,22). The Kier molecular flexibility index (Phi) is 6.41. The van der Waals surface area contributed by atoms with Crippen molar-refractivity contribution >= 4 is 21.9 Å². The van der Waals surface area contributed by atoms with Gasteiger partial charge in [-0.25, -0.2) is 0 Å². The molecule has 4 nitrogen and oxygen atoms in total. The molecule has 122 valence electrons. The van der Waals surface area contributed by atoms with Crippen LogP contribution in [0.3, 0.4) is 0 Å². The maximum Gasteiger partial charge on any atom is 0.317 e. The molecule has 1 aliphatic heterocycles. The summed E-state index contributed by atoms with van der Waals surface area (Å²) in [6.45, 7) is 8.18. The first-order chi connectivity index (χ1) is 10.5. The zero-order valence-electron chi connectivity index (χ0n) is 13.4. The molecule has 0 radical (unpaired) electrons. The van der Waals surface area contributed by atoms with Crippen molar-refractivity contribution in [2.75, 3.05) is 26.2 Å². The zero-order chi connectivity index (χ0) is 16.1. The fourth-order valence-corrected chi connectivity index (χ4v) is 3.43. The summed E-state index contributed by atoms with van der Waals surface area (Å²) in [6.07, 6.45) is 2.10. The van der Waals surface area contributed by atoms with Crippen LogP contribution in [0.4, 0.5) is 0 Å². The third-order valence-electron chi connectivity index (χ3n) is 4.45. The van der Waals surface area contributed by atoms with E-state index in [1.54, 1.807) is 0 Å². The molecule has 0 unspecified atom stereocenters. The molecule has 0 amide bonds. The second kappa shape index (κ2) is 8.09. The first-order valence-electron chi connectivity index (χ1n) is 7.92. The summed E-state index contributed by atoms with van der Waals surface area (Å²) < 4.78 is 1.15. The van der Waals surface area contributed by atoms with Gasteiger partial charge in [-0.15, -0.1) is 0 Å². The van der Waals surface area contributed by atoms with Gasteiger partial charge < -0.3 is 5.11 Å². The van der Waals surface area contributed by atoms with Crippen molar-refractivity contribution in [3.05, 3.63) is 33.8 Å². The van der Waals surface area contributed by atoms with Crippen LogP contribution in [0.2, 0.25) is 0 Å². The summed E-state index contributed by atoms with van der Waals surface area (Å²) in [7, 11) is 0. The third kappa shape index (κ3) is 4.80. The van der Waals surface area contributed by atoms with Gasteiger partial charge in [-0.1, -0.05) is 35.0 Å². The number of carboxylic acids is 1. The van der Waals surface area contributed by atoms with E-state index in [2.05, 4.69) is 50.9 Å². The highest BCUT2D eigenvalue weighted by Gasteiger charge is 2.24. The Balaban J connectivity index is 1.86. The van der Waals surface area contributed by atoms with Crippen molar-refractivity contribution in [3.63, 3.8) is 0 Å². The average molecular weight is 369 g/mol. The highest BCUT2D eigenvalue weighted by atomic mass is 79.9. The van der Waals surface area contributed by atoms with Gasteiger partial charge in [-0.2, -0.15) is 0 Å². The number of piperidine rings is 1. The molecule has 1 N–H and O–H groups in total. The Labute approximate surface area is 141 Å². The van der Waals surface area contributed by atoms with E-state index < -0.39 is 5.97 Å². The van der Waals surface area contributed by atoms with Crippen LogP contribution in [0.1, 0.15) is 30.9 Å². The number of carboxylic acid groups (broad SMARTS) is 1. The van der Waals surface area contributed by atoms with Gasteiger partial charge in [0.2, 0.25) is 0 Å². The lowest BCUT2D eigenvalue weighted by molar-refractivity contribution is -0.139. The normalized spacial score (nSPS) is 17.1. The van der Waals surface area contributed by atoms with Crippen LogP contribution < -0.4 is 0 Å². The summed E-state index contributed by atoms with van der Waals surface area (Å²) in [5, 5.41) is 8.98. The van der Waals surface area contributed by atoms with Gasteiger partial charge in [0.1, 0.15) is 0 Å². The number of likely N-dealkylation sites (tertiary alicyclic amines) is 1. The molecule has 5 heteroatoms. The molecule has 0 aromatic heterocycles. The van der Waals surface area contributed by atoms with Crippen LogP contribution in [-0.2, 0) is 11.3 Å². The lowest BCUT2D eigenvalue weighted by atomic mass is 10.0. The number of hydrogen-bond acceptors (Lipinski definition) is 3. The smallest absolute Gasteiger partial charge is 0.317 e. The van der Waals surface area contributed by atoms with E-state index in [4.69, 9.17) is 5.11 Å². The number of aliphatic carboxylic acids is 1. The van der Waals surface area contributed by atoms with E-state index in [0.717, 1.165) is 43.5 Å². The molecule has 1 aromatic carbocycles. The summed E-state index contributed by atoms with van der Waals surface area (Å²) >= 11 is 3.54. The van der Waals surface area contributed by atoms with E-state index in [9.17, 15) is 4.79 Å². The fourth-order valence-electron chi connectivity index (χ4n) is 3.18. The Morgan fingerprint density at radius 1 is 1.41 bits per heavy atom. The monoisotopic (exact) mass is 368 g/mol. The number of nitrogens with zero attached hydrogens (tertiary/aromatic N) is 2. The molecule has 1 saturated heterocycles. The van der Waals surface area contributed by atoms with E-state index >= 15 is 0 Å². The quantitative estimate of drug-likeness (QED) is 0.837. The molecule has 0 aliphatic carbocycles. The number of rotatable bonds is 6. The lowest BCUT2D eigenvalue weighted by Crippen LogP contribution is -2.46. The average Bonchev–Trinajstić information content (AvgIpc) is 2.49. The number of benzene rings is 1. The molecular formula is C17H25BrN2O2. The van der Waals surface area contributed by atoms with Gasteiger partial charge in [0.05, 0.1) is 6.54 Å². The molecule has 2 rings (SSSR count). The van der Waals surface area contributed by atoms with Crippen molar-refractivity contribution in [1.82, 2.24) is 9.80 Å². The largest absolute Gasteiger partial charge is 0.480 e. The van der Waals surface area contributed by atoms with Gasteiger partial charge in [-0.05, 0) is 56.6 Å². The van der Waals surface area contributed by atoms with Crippen LogP contribution in [0, 0.1) is 6.92 Å². The molecular weight excluding hydrogens is 344 g/mol. The molecule has 1 fully saturated rings. The Morgan fingerprint density at radius 3 is 2.64 bits per heavy atom. The third-order valence-corrected chi connectivity index (χ3v) is 5.34. The topological polar surface area (TPSA) is 43.8 Å². The molecule has 1 aliphatic rings. The minimum absolute atomic E-state index is 0.160. The summed E-state index contributed by atoms with van der Waals surface area (Å²) in [5.41, 5.74) is 2.61. The number of likely N-dealkylation sites (N-methyl/N-ethyl adjacent to an activating group) is 1. The lowest BCUT2D eigenvalue weighted by Gasteiger charge is -2.37. The number of hydrogen-bond donors (Lipinski definition) is 1. The maximum absolute atomic E-state index is 10.9. The number of carbonyl (C=O) groups is 1. The Morgan fingerprint density at radius 2 is 2.09 bits per heavy atom. The first kappa shape index (κ1) is 17.4. The van der Waals surface area contributed by atoms with Crippen molar-refractivity contribution in [3.8, 4) is 0 Å². The van der Waals surface area contributed by atoms with Gasteiger partial charge in [0, 0.05) is 17.1 Å². The predicted molar refractivity (Wildman–Crippen MR) is 92.1 cm³/mol. The van der Waals surface area contributed by atoms with E-state index in [-0.39, 0.29) is 6.54 Å². The summed E-state index contributed by atoms with van der Waals surface area (Å²) in [5.74, 6) is -0.727. The van der Waals surface area contributed by atoms with Crippen molar-refractivity contribution in [2.45, 2.75) is 39.3 Å². The minimum Gasteiger partial charge on any atom is -0.480 e. The number of aryl methyl sites for hydroxylation is 1. The van der Waals surface area contributed by atoms with Crippen molar-refractivity contribution in [1.29, 1.82) is 0 Å². The van der Waals surface area contributed by atoms with Gasteiger partial charge in [-0.3, -0.25) is 14.6 Å². The fraction of sp³-hybridized carbons (Fsp3) is 0.588. The molecule has 0 bridgehead atoms. The van der Waals surface area contributed by atoms with E-state index in [1.807, 2.05) is 6.92 Å². The summed E-state index contributed by atoms with van der Waals surface area (Å²) in [6, 6.07) is 6.93. The SMILES string of the molecule is CCN(CC(=O)O)C1CCN(Cc2ccc(Br)c(C)c2)CC1. The van der Waals surface area contributed by atoms with Crippen LogP contribution in [-0.4, -0.2) is 53.1 Å². The van der Waals surface area contributed by atoms with E-state index in [0.29, 0.717) is 6.04 Å². The highest BCUT2D eigenvalue weighted by Crippen LogP contribution is 2.21. The van der Waals surface area contributed by atoms with Gasteiger partial charge >= 0.3 is 5.97 Å². The molecule has 0 saturated carbocycles. The predicted octanol–water partition coefficient (Wildman–Crippen LogP) is 3.13. The van der Waals surface area contributed by atoms with Crippen LogP contribution in [0.5, 0.6) is 0 Å². The van der Waals surface area contributed by atoms with Crippen molar-refractivity contribution in [2.24, 2.45) is 0 Å².